The molecule has 3 N–H and O–H groups in total. The molecule has 2 rings (SSSR count). The van der Waals surface area contributed by atoms with Crippen molar-refractivity contribution < 1.29 is 15.0 Å². The number of benzene rings is 1. The highest BCUT2D eigenvalue weighted by atomic mass is 16.3. The van der Waals surface area contributed by atoms with Crippen LogP contribution in [0.1, 0.15) is 22.0 Å². The molecular formula is C14H14N2O3. The van der Waals surface area contributed by atoms with Gasteiger partial charge in [0.25, 0.3) is 5.91 Å². The van der Waals surface area contributed by atoms with Crippen LogP contribution in [0, 0.1) is 0 Å². The van der Waals surface area contributed by atoms with E-state index in [-0.39, 0.29) is 17.9 Å². The number of hydrogen-bond donors (Lipinski definition) is 3. The number of nitrogens with one attached hydrogen (secondary N) is 1. The molecule has 0 radical (unpaired) electrons. The quantitative estimate of drug-likeness (QED) is 0.770. The van der Waals surface area contributed by atoms with Crippen LogP contribution in [-0.4, -0.2) is 27.7 Å². The van der Waals surface area contributed by atoms with E-state index < -0.39 is 11.9 Å². The Balaban J connectivity index is 2.16. The molecule has 1 atom stereocenters. The van der Waals surface area contributed by atoms with E-state index in [1.165, 1.54) is 18.5 Å². The zero-order valence-corrected chi connectivity index (χ0v) is 10.2. The first-order valence-electron chi connectivity index (χ1n) is 5.82. The summed E-state index contributed by atoms with van der Waals surface area (Å²) in [6.45, 7) is -0.221. The van der Waals surface area contributed by atoms with Crippen molar-refractivity contribution >= 4 is 5.91 Å². The Bertz CT molecular complexity index is 558. The van der Waals surface area contributed by atoms with Crippen LogP contribution in [-0.2, 0) is 0 Å². The second-order valence-corrected chi connectivity index (χ2v) is 4.01. The van der Waals surface area contributed by atoms with Gasteiger partial charge in [-0.15, -0.1) is 0 Å². The summed E-state index contributed by atoms with van der Waals surface area (Å²) in [5.41, 5.74) is 0.927. The first-order valence-corrected chi connectivity index (χ1v) is 5.82. The number of hydrogen-bond acceptors (Lipinski definition) is 4. The predicted octanol–water partition coefficient (Wildman–Crippen LogP) is 1.25. The van der Waals surface area contributed by atoms with Crippen molar-refractivity contribution in [3.63, 3.8) is 0 Å². The van der Waals surface area contributed by atoms with E-state index >= 15 is 0 Å². The number of carbonyl (C=O) groups is 1. The average Bonchev–Trinajstić information content (AvgIpc) is 2.46. The van der Waals surface area contributed by atoms with E-state index in [2.05, 4.69) is 10.3 Å². The highest BCUT2D eigenvalue weighted by molar-refractivity contribution is 5.96. The third-order valence-corrected chi connectivity index (χ3v) is 2.73. The fourth-order valence-corrected chi connectivity index (χ4v) is 1.73. The van der Waals surface area contributed by atoms with Gasteiger partial charge in [0.05, 0.1) is 24.4 Å². The number of carbonyl (C=O) groups excluding carboxylic acids is 1. The smallest absolute Gasteiger partial charge is 0.255 e. The van der Waals surface area contributed by atoms with Gasteiger partial charge in [-0.3, -0.25) is 9.78 Å². The van der Waals surface area contributed by atoms with E-state index in [9.17, 15) is 15.0 Å². The monoisotopic (exact) mass is 258 g/mol. The van der Waals surface area contributed by atoms with Gasteiger partial charge in [-0.25, -0.2) is 0 Å². The van der Waals surface area contributed by atoms with Crippen LogP contribution in [0.3, 0.4) is 0 Å². The van der Waals surface area contributed by atoms with Gasteiger partial charge in [0, 0.05) is 6.20 Å². The summed E-state index contributed by atoms with van der Waals surface area (Å²) < 4.78 is 0. The van der Waals surface area contributed by atoms with Crippen LogP contribution < -0.4 is 5.32 Å². The molecule has 98 valence electrons. The highest BCUT2D eigenvalue weighted by Crippen LogP contribution is 2.17. The maximum atomic E-state index is 12.0. The Morgan fingerprint density at radius 2 is 2.00 bits per heavy atom. The molecule has 0 aliphatic rings. The second-order valence-electron chi connectivity index (χ2n) is 4.01. The predicted molar refractivity (Wildman–Crippen MR) is 69.6 cm³/mol. The minimum atomic E-state index is -0.513. The fraction of sp³-hybridized carbons (Fsp3) is 0.143. The van der Waals surface area contributed by atoms with E-state index in [1.54, 1.807) is 0 Å². The molecule has 1 aromatic heterocycles. The Labute approximate surface area is 110 Å². The summed E-state index contributed by atoms with van der Waals surface area (Å²) in [4.78, 5) is 15.7. The summed E-state index contributed by atoms with van der Waals surface area (Å²) in [5.74, 6) is -0.646. The van der Waals surface area contributed by atoms with Crippen LogP contribution in [0.25, 0.3) is 0 Å². The van der Waals surface area contributed by atoms with Crippen LogP contribution >= 0.6 is 0 Å². The number of aromatic hydroxyl groups is 1. The van der Waals surface area contributed by atoms with Gasteiger partial charge < -0.3 is 15.5 Å². The Morgan fingerprint density at radius 3 is 2.63 bits per heavy atom. The Morgan fingerprint density at radius 1 is 1.26 bits per heavy atom. The molecule has 5 nitrogen and oxygen atoms in total. The lowest BCUT2D eigenvalue weighted by Crippen LogP contribution is -2.30. The first kappa shape index (κ1) is 13.0. The van der Waals surface area contributed by atoms with Crippen molar-refractivity contribution in [3.8, 4) is 5.75 Å². The molecule has 0 aliphatic carbocycles. The number of rotatable bonds is 4. The molecule has 1 unspecified atom stereocenters. The molecule has 19 heavy (non-hydrogen) atoms. The van der Waals surface area contributed by atoms with Crippen LogP contribution in [0.2, 0.25) is 0 Å². The van der Waals surface area contributed by atoms with Crippen molar-refractivity contribution in [3.05, 3.63) is 59.9 Å². The summed E-state index contributed by atoms with van der Waals surface area (Å²) in [5, 5.41) is 21.6. The number of aliphatic hydroxyl groups is 1. The largest absolute Gasteiger partial charge is 0.505 e. The van der Waals surface area contributed by atoms with Crippen LogP contribution in [0.4, 0.5) is 0 Å². The normalized spacial score (nSPS) is 11.8. The number of amides is 1. The molecule has 0 bridgehead atoms. The summed E-state index contributed by atoms with van der Waals surface area (Å²) in [6.07, 6.45) is 2.62. The number of pyridine rings is 1. The Hall–Kier alpha value is -2.40. The average molecular weight is 258 g/mol. The van der Waals surface area contributed by atoms with Crippen molar-refractivity contribution in [2.75, 3.05) is 6.61 Å². The molecular weight excluding hydrogens is 244 g/mol. The number of nitrogens with zero attached hydrogens (tertiary/aromatic N) is 1. The minimum Gasteiger partial charge on any atom is -0.505 e. The second kappa shape index (κ2) is 5.97. The van der Waals surface area contributed by atoms with Crippen molar-refractivity contribution in [1.82, 2.24) is 10.3 Å². The minimum absolute atomic E-state index is 0.129. The maximum Gasteiger partial charge on any atom is 0.255 e. The molecule has 1 aromatic carbocycles. The van der Waals surface area contributed by atoms with E-state index in [0.717, 1.165) is 5.56 Å². The summed E-state index contributed by atoms with van der Waals surface area (Å²) in [7, 11) is 0. The summed E-state index contributed by atoms with van der Waals surface area (Å²) >= 11 is 0. The van der Waals surface area contributed by atoms with Crippen molar-refractivity contribution in [1.29, 1.82) is 0 Å². The molecule has 0 saturated carbocycles. The van der Waals surface area contributed by atoms with Crippen LogP contribution in [0.5, 0.6) is 5.75 Å². The van der Waals surface area contributed by atoms with E-state index in [0.29, 0.717) is 0 Å². The van der Waals surface area contributed by atoms with Gasteiger partial charge in [-0.05, 0) is 11.6 Å². The molecule has 0 spiro atoms. The third-order valence-electron chi connectivity index (χ3n) is 2.73. The fourth-order valence-electron chi connectivity index (χ4n) is 1.73. The van der Waals surface area contributed by atoms with Crippen molar-refractivity contribution in [2.45, 2.75) is 6.04 Å². The zero-order chi connectivity index (χ0) is 13.7. The van der Waals surface area contributed by atoms with Gasteiger partial charge in [-0.2, -0.15) is 0 Å². The Kier molecular flexibility index (Phi) is 4.10. The van der Waals surface area contributed by atoms with Gasteiger partial charge in [-0.1, -0.05) is 30.3 Å². The van der Waals surface area contributed by atoms with E-state index in [1.807, 2.05) is 30.3 Å². The molecule has 5 heteroatoms. The molecule has 1 amide bonds. The van der Waals surface area contributed by atoms with Gasteiger partial charge in [0.2, 0.25) is 0 Å². The molecule has 0 aliphatic heterocycles. The van der Waals surface area contributed by atoms with E-state index in [4.69, 9.17) is 0 Å². The summed E-state index contributed by atoms with van der Waals surface area (Å²) in [6, 6.07) is 10.0. The highest BCUT2D eigenvalue weighted by Gasteiger charge is 2.16. The first-order chi connectivity index (χ1) is 9.22. The molecule has 0 saturated heterocycles. The van der Waals surface area contributed by atoms with Gasteiger partial charge >= 0.3 is 0 Å². The lowest BCUT2D eigenvalue weighted by Gasteiger charge is -2.17. The topological polar surface area (TPSA) is 82.5 Å². The number of aromatic nitrogens is 1. The molecule has 1 heterocycles. The number of aliphatic hydroxyl groups excluding tert-OH is 1. The van der Waals surface area contributed by atoms with Gasteiger partial charge in [0.15, 0.2) is 0 Å². The third kappa shape index (κ3) is 3.08. The SMILES string of the molecule is O=C(NC(CO)c1ccccc1)c1ccncc1O. The molecule has 2 aromatic rings. The molecule has 0 fully saturated rings. The standard InChI is InChI=1S/C14H14N2O3/c17-9-12(10-4-2-1-3-5-10)16-14(19)11-6-7-15-8-13(11)18/h1-8,12,17-18H,9H2,(H,16,19). The van der Waals surface area contributed by atoms with Crippen molar-refractivity contribution in [2.24, 2.45) is 0 Å². The lowest BCUT2D eigenvalue weighted by molar-refractivity contribution is 0.0913. The maximum absolute atomic E-state index is 12.0. The zero-order valence-electron chi connectivity index (χ0n) is 10.2. The van der Waals surface area contributed by atoms with Crippen LogP contribution in [0.15, 0.2) is 48.8 Å². The lowest BCUT2D eigenvalue weighted by atomic mass is 10.1. The van der Waals surface area contributed by atoms with Gasteiger partial charge in [0.1, 0.15) is 5.75 Å².